The molecular formula is C8H18N2O4S. The second kappa shape index (κ2) is 5.43. The topological polar surface area (TPSA) is 86.3 Å². The molecule has 0 atom stereocenters. The van der Waals surface area contributed by atoms with Crippen LogP contribution in [-0.2, 0) is 14.9 Å². The summed E-state index contributed by atoms with van der Waals surface area (Å²) in [4.78, 5) is 10.7. The molecule has 0 aliphatic heterocycles. The van der Waals surface area contributed by atoms with Crippen LogP contribution in [-0.4, -0.2) is 56.4 Å². The lowest BCUT2D eigenvalue weighted by atomic mass is 10.4. The first kappa shape index (κ1) is 14.3. The fraction of sp³-hybridized carbons (Fsp3) is 0.875. The van der Waals surface area contributed by atoms with E-state index in [0.717, 1.165) is 0 Å². The van der Waals surface area contributed by atoms with Crippen molar-refractivity contribution in [3.8, 4) is 0 Å². The number of quaternary nitrogens is 1. The van der Waals surface area contributed by atoms with Gasteiger partial charge in [-0.1, -0.05) is 0 Å². The van der Waals surface area contributed by atoms with Crippen molar-refractivity contribution >= 4 is 16.0 Å². The quantitative estimate of drug-likeness (QED) is 0.369. The predicted molar refractivity (Wildman–Crippen MR) is 54.8 cm³/mol. The molecule has 0 aromatic carbocycles. The van der Waals surface area contributed by atoms with Crippen LogP contribution in [0.3, 0.4) is 0 Å². The summed E-state index contributed by atoms with van der Waals surface area (Å²) in [5.41, 5.74) is 0. The Hall–Kier alpha value is -0.660. The maximum absolute atomic E-state index is 10.7. The number of hydrogen-bond acceptors (Lipinski definition) is 4. The second-order valence-corrected chi connectivity index (χ2v) is 5.69. The first-order valence-electron chi connectivity index (χ1n) is 4.62. The number of nitrogens with one attached hydrogen (secondary N) is 1. The molecule has 0 aromatic heterocycles. The lowest BCUT2D eigenvalue weighted by molar-refractivity contribution is -0.892. The first-order valence-corrected chi connectivity index (χ1v) is 6.20. The highest BCUT2D eigenvalue weighted by atomic mass is 32.2. The summed E-state index contributed by atoms with van der Waals surface area (Å²) < 4.78 is 31.5. The first-order chi connectivity index (χ1) is 6.62. The molecule has 0 aliphatic carbocycles. The van der Waals surface area contributed by atoms with E-state index in [1.165, 1.54) is 6.92 Å². The lowest BCUT2D eigenvalue weighted by Gasteiger charge is -2.29. The number of amides is 1. The molecule has 0 bridgehead atoms. The summed E-state index contributed by atoms with van der Waals surface area (Å²) in [5, 5.41) is 2.64. The van der Waals surface area contributed by atoms with E-state index in [1.807, 2.05) is 14.1 Å². The Kier molecular flexibility index (Phi) is 5.19. The van der Waals surface area contributed by atoms with Gasteiger partial charge < -0.3 is 14.4 Å². The van der Waals surface area contributed by atoms with Gasteiger partial charge in [-0.25, -0.2) is 8.42 Å². The Morgan fingerprint density at radius 2 is 1.93 bits per heavy atom. The zero-order valence-corrected chi connectivity index (χ0v) is 10.1. The zero-order valence-electron chi connectivity index (χ0n) is 9.32. The van der Waals surface area contributed by atoms with Crippen LogP contribution in [0.1, 0.15) is 13.3 Å². The predicted octanol–water partition coefficient (Wildman–Crippen LogP) is -0.908. The SMILES string of the molecule is CC(=O)NC[N+](C)(C)CCCS(=O)(=O)[O-]. The van der Waals surface area contributed by atoms with Gasteiger partial charge >= 0.3 is 0 Å². The van der Waals surface area contributed by atoms with Gasteiger partial charge in [-0.3, -0.25) is 4.79 Å². The third-order valence-corrected chi connectivity index (χ3v) is 2.70. The van der Waals surface area contributed by atoms with Gasteiger partial charge in [0.05, 0.1) is 30.8 Å². The summed E-state index contributed by atoms with van der Waals surface area (Å²) in [6, 6.07) is 0. The van der Waals surface area contributed by atoms with E-state index in [0.29, 0.717) is 24.1 Å². The maximum atomic E-state index is 10.7. The van der Waals surface area contributed by atoms with Gasteiger partial charge in [0, 0.05) is 19.1 Å². The van der Waals surface area contributed by atoms with E-state index in [2.05, 4.69) is 5.32 Å². The Morgan fingerprint density at radius 1 is 1.40 bits per heavy atom. The minimum atomic E-state index is -4.13. The van der Waals surface area contributed by atoms with Crippen molar-refractivity contribution in [2.75, 3.05) is 33.1 Å². The fourth-order valence-corrected chi connectivity index (χ4v) is 1.56. The van der Waals surface area contributed by atoms with Gasteiger partial charge in [-0.05, 0) is 0 Å². The molecule has 0 saturated carbocycles. The highest BCUT2D eigenvalue weighted by molar-refractivity contribution is 7.85. The minimum absolute atomic E-state index is 0.127. The molecule has 1 amide bonds. The molecule has 15 heavy (non-hydrogen) atoms. The molecule has 6 nitrogen and oxygen atoms in total. The van der Waals surface area contributed by atoms with Crippen LogP contribution in [0.2, 0.25) is 0 Å². The van der Waals surface area contributed by atoms with Crippen LogP contribution in [0.25, 0.3) is 0 Å². The number of hydrogen-bond donors (Lipinski definition) is 1. The highest BCUT2D eigenvalue weighted by Gasteiger charge is 2.15. The van der Waals surface area contributed by atoms with Gasteiger partial charge in [0.25, 0.3) is 0 Å². The van der Waals surface area contributed by atoms with E-state index in [-0.39, 0.29) is 11.7 Å². The summed E-state index contributed by atoms with van der Waals surface area (Å²) in [6.07, 6.45) is 0.304. The zero-order chi connectivity index (χ0) is 12.1. The molecule has 0 aromatic rings. The molecule has 0 fully saturated rings. The Bertz CT molecular complexity index is 311. The van der Waals surface area contributed by atoms with Gasteiger partial charge in [0.2, 0.25) is 5.91 Å². The molecule has 0 aliphatic rings. The Balaban J connectivity index is 3.88. The van der Waals surface area contributed by atoms with Gasteiger partial charge in [-0.2, -0.15) is 0 Å². The van der Waals surface area contributed by atoms with Crippen LogP contribution >= 0.6 is 0 Å². The van der Waals surface area contributed by atoms with E-state index in [9.17, 15) is 17.8 Å². The van der Waals surface area contributed by atoms with Crippen LogP contribution in [0.5, 0.6) is 0 Å². The summed E-state index contributed by atoms with van der Waals surface area (Å²) in [5.74, 6) is -0.480. The maximum Gasteiger partial charge on any atom is 0.221 e. The summed E-state index contributed by atoms with van der Waals surface area (Å²) in [6.45, 7) is 2.37. The molecule has 1 N–H and O–H groups in total. The Labute approximate surface area is 90.6 Å². The monoisotopic (exact) mass is 238 g/mol. The normalized spacial score (nSPS) is 12.5. The number of carbonyl (C=O) groups is 1. The number of carbonyl (C=O) groups excluding carboxylic acids is 1. The van der Waals surface area contributed by atoms with E-state index in [4.69, 9.17) is 0 Å². The van der Waals surface area contributed by atoms with Crippen molar-refractivity contribution in [3.63, 3.8) is 0 Å². The second-order valence-electron chi connectivity index (χ2n) is 4.17. The van der Waals surface area contributed by atoms with Gasteiger partial charge in [-0.15, -0.1) is 0 Å². The third-order valence-electron chi connectivity index (χ3n) is 1.91. The molecule has 0 rings (SSSR count). The largest absolute Gasteiger partial charge is 0.748 e. The summed E-state index contributed by atoms with van der Waals surface area (Å²) in [7, 11) is -0.416. The van der Waals surface area contributed by atoms with Crippen molar-refractivity contribution in [1.82, 2.24) is 5.32 Å². The molecule has 0 spiro atoms. The fourth-order valence-electron chi connectivity index (χ4n) is 1.07. The highest BCUT2D eigenvalue weighted by Crippen LogP contribution is 1.99. The summed E-state index contributed by atoms with van der Waals surface area (Å²) >= 11 is 0. The van der Waals surface area contributed by atoms with Crippen molar-refractivity contribution < 1.29 is 22.2 Å². The number of rotatable bonds is 6. The smallest absolute Gasteiger partial charge is 0.221 e. The standard InChI is InChI=1S/C8H18N2O4S/c1-8(11)9-7-10(2,3)5-4-6-15(12,13)14/h4-7H2,1-3H3,(H-,9,11,12,13,14). The molecule has 90 valence electrons. The van der Waals surface area contributed by atoms with Crippen molar-refractivity contribution in [2.45, 2.75) is 13.3 Å². The van der Waals surface area contributed by atoms with Crippen LogP contribution in [0.4, 0.5) is 0 Å². The average molecular weight is 238 g/mol. The molecule has 0 radical (unpaired) electrons. The molecular weight excluding hydrogens is 220 g/mol. The van der Waals surface area contributed by atoms with Crippen molar-refractivity contribution in [2.24, 2.45) is 0 Å². The Morgan fingerprint density at radius 3 is 2.33 bits per heavy atom. The van der Waals surface area contributed by atoms with Crippen LogP contribution in [0.15, 0.2) is 0 Å². The van der Waals surface area contributed by atoms with Crippen LogP contribution < -0.4 is 5.32 Å². The van der Waals surface area contributed by atoms with Crippen LogP contribution in [0, 0.1) is 0 Å². The van der Waals surface area contributed by atoms with Crippen molar-refractivity contribution in [1.29, 1.82) is 0 Å². The minimum Gasteiger partial charge on any atom is -0.748 e. The molecule has 7 heteroatoms. The van der Waals surface area contributed by atoms with Crippen molar-refractivity contribution in [3.05, 3.63) is 0 Å². The van der Waals surface area contributed by atoms with E-state index in [1.54, 1.807) is 0 Å². The van der Waals surface area contributed by atoms with E-state index >= 15 is 0 Å². The molecule has 0 saturated heterocycles. The lowest BCUT2D eigenvalue weighted by Crippen LogP contribution is -2.48. The molecule has 0 unspecified atom stereocenters. The molecule has 0 heterocycles. The van der Waals surface area contributed by atoms with Gasteiger partial charge in [0.1, 0.15) is 0 Å². The average Bonchev–Trinajstić information content (AvgIpc) is 1.98. The number of nitrogens with zero attached hydrogens (tertiary/aromatic N) is 1. The van der Waals surface area contributed by atoms with Gasteiger partial charge in [0.15, 0.2) is 6.67 Å². The third kappa shape index (κ3) is 9.64. The van der Waals surface area contributed by atoms with E-state index < -0.39 is 10.1 Å².